The van der Waals surface area contributed by atoms with Gasteiger partial charge in [-0.25, -0.2) is 0 Å². The number of ether oxygens (including phenoxy) is 1. The molecule has 2 aromatic rings. The van der Waals surface area contributed by atoms with E-state index in [0.29, 0.717) is 11.3 Å². The van der Waals surface area contributed by atoms with Gasteiger partial charge in [0, 0.05) is 29.4 Å². The van der Waals surface area contributed by atoms with E-state index < -0.39 is 0 Å². The third-order valence-corrected chi connectivity index (χ3v) is 4.62. The molecular weight excluding hydrogens is 338 g/mol. The standard InChI is InChI=1S/C23H29NO3/c1-14(2)19-13-17(23(27-6)21(15(3)4)22(19)26)9-12-20(25)16-7-10-18(24-5)11-8-16/h7-15,24,26H,1-6H3. The molecule has 2 aromatic carbocycles. The van der Waals surface area contributed by atoms with Crippen LogP contribution in [0.1, 0.15) is 66.6 Å². The van der Waals surface area contributed by atoms with E-state index in [1.165, 1.54) is 0 Å². The molecule has 0 radical (unpaired) electrons. The number of allylic oxidation sites excluding steroid dienone is 1. The van der Waals surface area contributed by atoms with E-state index in [1.807, 2.05) is 52.9 Å². The van der Waals surface area contributed by atoms with Crippen molar-refractivity contribution in [3.8, 4) is 11.5 Å². The third kappa shape index (κ3) is 4.51. The number of hydrogen-bond acceptors (Lipinski definition) is 4. The lowest BCUT2D eigenvalue weighted by molar-refractivity contribution is 0.104. The van der Waals surface area contributed by atoms with Gasteiger partial charge in [0.15, 0.2) is 5.78 Å². The molecule has 27 heavy (non-hydrogen) atoms. The van der Waals surface area contributed by atoms with Crippen molar-refractivity contribution in [2.24, 2.45) is 0 Å². The summed E-state index contributed by atoms with van der Waals surface area (Å²) in [6.07, 6.45) is 3.32. The molecule has 0 unspecified atom stereocenters. The first-order valence-corrected chi connectivity index (χ1v) is 9.24. The fourth-order valence-corrected chi connectivity index (χ4v) is 3.11. The molecule has 0 heterocycles. The van der Waals surface area contributed by atoms with Crippen molar-refractivity contribution in [1.29, 1.82) is 0 Å². The molecule has 0 aliphatic carbocycles. The quantitative estimate of drug-likeness (QED) is 0.495. The van der Waals surface area contributed by atoms with Crippen LogP contribution in [-0.2, 0) is 0 Å². The highest BCUT2D eigenvalue weighted by molar-refractivity contribution is 6.07. The second-order valence-corrected chi connectivity index (χ2v) is 7.18. The van der Waals surface area contributed by atoms with Crippen molar-refractivity contribution < 1.29 is 14.6 Å². The van der Waals surface area contributed by atoms with Crippen molar-refractivity contribution in [3.63, 3.8) is 0 Å². The number of methoxy groups -OCH3 is 1. The Bertz CT molecular complexity index is 834. The molecule has 0 saturated carbocycles. The fraction of sp³-hybridized carbons (Fsp3) is 0.348. The molecule has 0 amide bonds. The van der Waals surface area contributed by atoms with E-state index in [1.54, 1.807) is 31.4 Å². The lowest BCUT2D eigenvalue weighted by Crippen LogP contribution is -2.02. The molecule has 0 bridgehead atoms. The van der Waals surface area contributed by atoms with Crippen LogP contribution in [0, 0.1) is 0 Å². The second-order valence-electron chi connectivity index (χ2n) is 7.18. The van der Waals surface area contributed by atoms with Crippen molar-refractivity contribution in [2.75, 3.05) is 19.5 Å². The summed E-state index contributed by atoms with van der Waals surface area (Å²) < 4.78 is 5.59. The first kappa shape index (κ1) is 20.6. The molecule has 4 nitrogen and oxygen atoms in total. The van der Waals surface area contributed by atoms with E-state index in [-0.39, 0.29) is 23.4 Å². The zero-order chi connectivity index (χ0) is 20.1. The average molecular weight is 367 g/mol. The third-order valence-electron chi connectivity index (χ3n) is 4.62. The molecule has 0 saturated heterocycles. The smallest absolute Gasteiger partial charge is 0.185 e. The number of nitrogens with one attached hydrogen (secondary N) is 1. The van der Waals surface area contributed by atoms with Crippen LogP contribution >= 0.6 is 0 Å². The van der Waals surface area contributed by atoms with Crippen LogP contribution in [0.5, 0.6) is 11.5 Å². The number of phenols is 1. The Labute approximate surface area is 161 Å². The van der Waals surface area contributed by atoms with Crippen LogP contribution in [-0.4, -0.2) is 25.0 Å². The molecule has 0 fully saturated rings. The van der Waals surface area contributed by atoms with Crippen LogP contribution in [0.15, 0.2) is 36.4 Å². The van der Waals surface area contributed by atoms with E-state index in [4.69, 9.17) is 4.74 Å². The average Bonchev–Trinajstić information content (AvgIpc) is 2.65. The van der Waals surface area contributed by atoms with Crippen molar-refractivity contribution in [3.05, 3.63) is 58.7 Å². The van der Waals surface area contributed by atoms with Gasteiger partial charge in [-0.1, -0.05) is 27.7 Å². The van der Waals surface area contributed by atoms with Gasteiger partial charge in [0.1, 0.15) is 11.5 Å². The number of hydrogen-bond donors (Lipinski definition) is 2. The molecule has 0 aliphatic rings. The predicted molar refractivity (Wildman–Crippen MR) is 112 cm³/mol. The minimum atomic E-state index is -0.0787. The van der Waals surface area contributed by atoms with E-state index in [0.717, 1.165) is 22.4 Å². The highest BCUT2D eigenvalue weighted by Crippen LogP contribution is 2.42. The van der Waals surface area contributed by atoms with Crippen LogP contribution in [0.3, 0.4) is 0 Å². The van der Waals surface area contributed by atoms with Gasteiger partial charge in [0.25, 0.3) is 0 Å². The minimum Gasteiger partial charge on any atom is -0.507 e. The van der Waals surface area contributed by atoms with Crippen LogP contribution in [0.4, 0.5) is 5.69 Å². The summed E-state index contributed by atoms with van der Waals surface area (Å²) in [5.41, 5.74) is 4.00. The monoisotopic (exact) mass is 367 g/mol. The number of anilines is 1. The predicted octanol–water partition coefficient (Wildman–Crippen LogP) is 5.59. The molecule has 4 heteroatoms. The highest BCUT2D eigenvalue weighted by Gasteiger charge is 2.21. The highest BCUT2D eigenvalue weighted by atomic mass is 16.5. The summed E-state index contributed by atoms with van der Waals surface area (Å²) in [4.78, 5) is 12.5. The summed E-state index contributed by atoms with van der Waals surface area (Å²) in [6, 6.07) is 9.24. The summed E-state index contributed by atoms with van der Waals surface area (Å²) >= 11 is 0. The topological polar surface area (TPSA) is 58.6 Å². The van der Waals surface area contributed by atoms with Crippen LogP contribution in [0.25, 0.3) is 6.08 Å². The Hall–Kier alpha value is -2.75. The second kappa shape index (κ2) is 8.76. The molecular formula is C23H29NO3. The van der Waals surface area contributed by atoms with Crippen molar-refractivity contribution in [1.82, 2.24) is 0 Å². The lowest BCUT2D eigenvalue weighted by atomic mass is 9.90. The number of carbonyl (C=O) groups is 1. The number of phenolic OH excluding ortho intramolecular Hbond substituents is 1. The fourth-order valence-electron chi connectivity index (χ4n) is 3.11. The van der Waals surface area contributed by atoms with Crippen molar-refractivity contribution in [2.45, 2.75) is 39.5 Å². The SMILES string of the molecule is CNc1ccc(C(=O)C=Cc2cc(C(C)C)c(O)c(C(C)C)c2OC)cc1. The number of ketones is 1. The summed E-state index contributed by atoms with van der Waals surface area (Å²) in [6.45, 7) is 8.11. The Kier molecular flexibility index (Phi) is 6.67. The maximum Gasteiger partial charge on any atom is 0.185 e. The minimum absolute atomic E-state index is 0.0787. The Morgan fingerprint density at radius 1 is 1.11 bits per heavy atom. The molecule has 0 aliphatic heterocycles. The van der Waals surface area contributed by atoms with Gasteiger partial charge in [-0.2, -0.15) is 0 Å². The van der Waals surface area contributed by atoms with Gasteiger partial charge in [0.2, 0.25) is 0 Å². The number of benzene rings is 2. The molecule has 0 spiro atoms. The summed E-state index contributed by atoms with van der Waals surface area (Å²) in [7, 11) is 3.43. The van der Waals surface area contributed by atoms with Crippen molar-refractivity contribution >= 4 is 17.5 Å². The zero-order valence-electron chi connectivity index (χ0n) is 17.0. The molecule has 2 N–H and O–H groups in total. The summed E-state index contributed by atoms with van der Waals surface area (Å²) in [5, 5.41) is 13.7. The van der Waals surface area contributed by atoms with Gasteiger partial charge in [-0.15, -0.1) is 0 Å². The number of carbonyl (C=O) groups excluding carboxylic acids is 1. The summed E-state index contributed by atoms with van der Waals surface area (Å²) in [5.74, 6) is 1.07. The van der Waals surface area contributed by atoms with Gasteiger partial charge in [-0.3, -0.25) is 4.79 Å². The maximum atomic E-state index is 12.5. The van der Waals surface area contributed by atoms with E-state index >= 15 is 0 Å². The molecule has 144 valence electrons. The zero-order valence-corrected chi connectivity index (χ0v) is 17.0. The van der Waals surface area contributed by atoms with Crippen LogP contribution < -0.4 is 10.1 Å². The number of aromatic hydroxyl groups is 1. The van der Waals surface area contributed by atoms with Gasteiger partial charge in [-0.05, 0) is 59.9 Å². The van der Waals surface area contributed by atoms with Gasteiger partial charge < -0.3 is 15.2 Å². The molecule has 2 rings (SSSR count). The maximum absolute atomic E-state index is 12.5. The largest absolute Gasteiger partial charge is 0.507 e. The van der Waals surface area contributed by atoms with E-state index in [2.05, 4.69) is 5.32 Å². The normalized spacial score (nSPS) is 11.4. The van der Waals surface area contributed by atoms with Crippen LogP contribution in [0.2, 0.25) is 0 Å². The van der Waals surface area contributed by atoms with Gasteiger partial charge >= 0.3 is 0 Å². The number of rotatable bonds is 7. The van der Waals surface area contributed by atoms with E-state index in [9.17, 15) is 9.90 Å². The first-order chi connectivity index (χ1) is 12.8. The first-order valence-electron chi connectivity index (χ1n) is 9.24. The molecule has 0 aromatic heterocycles. The Balaban J connectivity index is 2.46. The Morgan fingerprint density at radius 3 is 2.22 bits per heavy atom. The molecule has 0 atom stereocenters. The van der Waals surface area contributed by atoms with Gasteiger partial charge in [0.05, 0.1) is 7.11 Å². The Morgan fingerprint density at radius 2 is 1.74 bits per heavy atom. The lowest BCUT2D eigenvalue weighted by Gasteiger charge is -2.20.